The molecular weight excluding hydrogens is 326 g/mol. The molecule has 0 bridgehead atoms. The fraction of sp³-hybridized carbons (Fsp3) is 0.231. The van der Waals surface area contributed by atoms with E-state index in [1.165, 1.54) is 18.9 Å². The third kappa shape index (κ3) is 2.77. The van der Waals surface area contributed by atoms with Crippen LogP contribution in [0.2, 0.25) is 0 Å². The van der Waals surface area contributed by atoms with E-state index in [0.717, 1.165) is 10.0 Å². The van der Waals surface area contributed by atoms with Crippen molar-refractivity contribution in [1.82, 2.24) is 9.94 Å². The Bertz CT molecular complexity index is 640. The highest BCUT2D eigenvalue weighted by molar-refractivity contribution is 9.10. The Morgan fingerprint density at radius 1 is 1.40 bits per heavy atom. The van der Waals surface area contributed by atoms with Crippen molar-refractivity contribution in [3.8, 4) is 17.0 Å². The second-order valence-electron chi connectivity index (χ2n) is 3.99. The first-order chi connectivity index (χ1) is 9.56. The fourth-order valence-electron chi connectivity index (χ4n) is 1.86. The van der Waals surface area contributed by atoms with E-state index < -0.39 is 0 Å². The summed E-state index contributed by atoms with van der Waals surface area (Å²) in [5.74, 6) is 0.513. The van der Waals surface area contributed by atoms with Crippen molar-refractivity contribution in [2.45, 2.75) is 6.92 Å². The summed E-state index contributed by atoms with van der Waals surface area (Å²) >= 11 is 3.43. The number of carbonyl (C=O) groups is 1. The van der Waals surface area contributed by atoms with Gasteiger partial charge in [0.1, 0.15) is 18.6 Å². The molecule has 1 heterocycles. The number of methoxy groups -OCH3 is 1. The summed E-state index contributed by atoms with van der Waals surface area (Å²) in [5.41, 5.74) is 2.13. The van der Waals surface area contributed by atoms with Gasteiger partial charge in [-0.05, 0) is 34.1 Å². The van der Waals surface area contributed by atoms with Crippen molar-refractivity contribution in [3.63, 3.8) is 0 Å². The van der Waals surface area contributed by atoms with Gasteiger partial charge in [-0.3, -0.25) is 4.79 Å². The van der Waals surface area contributed by atoms with Crippen LogP contribution in [-0.4, -0.2) is 30.1 Å². The quantitative estimate of drug-likeness (QED) is 0.928. The lowest BCUT2D eigenvalue weighted by Crippen LogP contribution is -2.10. The van der Waals surface area contributed by atoms with Gasteiger partial charge in [0.2, 0.25) is 5.91 Å². The van der Waals surface area contributed by atoms with Gasteiger partial charge >= 0.3 is 0 Å². The largest absolute Gasteiger partial charge is 0.496 e. The third-order valence-corrected chi connectivity index (χ3v) is 3.22. The number of aromatic nitrogens is 2. The van der Waals surface area contributed by atoms with Crippen molar-refractivity contribution in [2.24, 2.45) is 0 Å². The summed E-state index contributed by atoms with van der Waals surface area (Å²) < 4.78 is 6.12. The van der Waals surface area contributed by atoms with Crippen LogP contribution in [0, 0.1) is 0 Å². The summed E-state index contributed by atoms with van der Waals surface area (Å²) in [4.78, 5) is 17.7. The molecule has 0 saturated heterocycles. The molecular formula is C13H14BrN3O3. The summed E-state index contributed by atoms with van der Waals surface area (Å²) in [6, 6.07) is 5.35. The topological polar surface area (TPSA) is 65.4 Å². The Morgan fingerprint density at radius 2 is 2.15 bits per heavy atom. The van der Waals surface area contributed by atoms with E-state index >= 15 is 0 Å². The van der Waals surface area contributed by atoms with Gasteiger partial charge in [-0.2, -0.15) is 0 Å². The molecule has 2 aromatic rings. The highest BCUT2D eigenvalue weighted by Gasteiger charge is 2.17. The highest BCUT2D eigenvalue weighted by Crippen LogP contribution is 2.36. The number of nitrogens with one attached hydrogen (secondary N) is 1. The van der Waals surface area contributed by atoms with E-state index in [0.29, 0.717) is 17.1 Å². The minimum absolute atomic E-state index is 0.138. The molecule has 1 amide bonds. The Hall–Kier alpha value is -2.02. The fourth-order valence-corrected chi connectivity index (χ4v) is 2.31. The molecule has 0 aliphatic carbocycles. The smallest absolute Gasteiger partial charge is 0.221 e. The predicted octanol–water partition coefficient (Wildman–Crippen LogP) is 2.34. The molecule has 0 fully saturated rings. The summed E-state index contributed by atoms with van der Waals surface area (Å²) in [6.07, 6.45) is 1.63. The molecule has 0 saturated carbocycles. The van der Waals surface area contributed by atoms with Crippen LogP contribution in [0.4, 0.5) is 5.69 Å². The zero-order valence-corrected chi connectivity index (χ0v) is 12.9. The lowest BCUT2D eigenvalue weighted by molar-refractivity contribution is -0.114. The first kappa shape index (κ1) is 14.4. The van der Waals surface area contributed by atoms with Crippen LogP contribution in [0.15, 0.2) is 28.9 Å². The number of hydrogen-bond acceptors (Lipinski definition) is 4. The Morgan fingerprint density at radius 3 is 2.75 bits per heavy atom. The minimum atomic E-state index is -0.138. The number of ether oxygens (including phenoxy) is 1. The van der Waals surface area contributed by atoms with Crippen LogP contribution < -0.4 is 14.9 Å². The average molecular weight is 340 g/mol. The number of anilines is 1. The number of nitrogens with zero attached hydrogens (tertiary/aromatic N) is 2. The van der Waals surface area contributed by atoms with Crippen molar-refractivity contribution < 1.29 is 14.4 Å². The summed E-state index contributed by atoms with van der Waals surface area (Å²) in [5, 5.41) is 6.82. The maximum atomic E-state index is 11.2. The van der Waals surface area contributed by atoms with Gasteiger partial charge in [0.25, 0.3) is 0 Å². The van der Waals surface area contributed by atoms with Crippen LogP contribution in [0.3, 0.4) is 0 Å². The van der Waals surface area contributed by atoms with Crippen molar-refractivity contribution >= 4 is 27.5 Å². The summed E-state index contributed by atoms with van der Waals surface area (Å²) in [6.45, 7) is 1.46. The SMILES string of the molecule is COc1ccc(NC(C)=O)cc1-c1c(Br)cnn1OC. The Kier molecular flexibility index (Phi) is 4.29. The molecule has 0 radical (unpaired) electrons. The second-order valence-corrected chi connectivity index (χ2v) is 4.85. The molecule has 7 heteroatoms. The normalized spacial score (nSPS) is 10.2. The molecule has 0 atom stereocenters. The molecule has 20 heavy (non-hydrogen) atoms. The molecule has 2 rings (SSSR count). The third-order valence-electron chi connectivity index (χ3n) is 2.64. The van der Waals surface area contributed by atoms with Crippen LogP contribution in [0.5, 0.6) is 5.75 Å². The van der Waals surface area contributed by atoms with Gasteiger partial charge in [0.15, 0.2) is 0 Å². The zero-order valence-electron chi connectivity index (χ0n) is 11.3. The van der Waals surface area contributed by atoms with E-state index in [1.54, 1.807) is 31.5 Å². The number of benzene rings is 1. The van der Waals surface area contributed by atoms with E-state index in [9.17, 15) is 4.79 Å². The molecule has 0 aliphatic heterocycles. The van der Waals surface area contributed by atoms with Gasteiger partial charge in [-0.25, -0.2) is 0 Å². The second kappa shape index (κ2) is 5.96. The number of halogens is 1. The van der Waals surface area contributed by atoms with Crippen LogP contribution in [0.25, 0.3) is 11.3 Å². The van der Waals surface area contributed by atoms with Crippen molar-refractivity contribution in [2.75, 3.05) is 19.5 Å². The molecule has 1 N–H and O–H groups in total. The lowest BCUT2D eigenvalue weighted by atomic mass is 10.1. The van der Waals surface area contributed by atoms with Gasteiger partial charge < -0.3 is 14.9 Å². The van der Waals surface area contributed by atoms with E-state index in [2.05, 4.69) is 26.3 Å². The predicted molar refractivity (Wildman–Crippen MR) is 78.7 cm³/mol. The first-order valence-corrected chi connectivity index (χ1v) is 6.60. The van der Waals surface area contributed by atoms with Gasteiger partial charge in [-0.1, -0.05) is 4.85 Å². The maximum Gasteiger partial charge on any atom is 0.221 e. The molecule has 1 aromatic carbocycles. The lowest BCUT2D eigenvalue weighted by Gasteiger charge is -2.12. The Balaban J connectivity index is 2.58. The monoisotopic (exact) mass is 339 g/mol. The molecule has 0 aliphatic rings. The van der Waals surface area contributed by atoms with Gasteiger partial charge in [0, 0.05) is 18.2 Å². The minimum Gasteiger partial charge on any atom is -0.496 e. The number of carbonyl (C=O) groups excluding carboxylic acids is 1. The van der Waals surface area contributed by atoms with Crippen LogP contribution >= 0.6 is 15.9 Å². The summed E-state index contributed by atoms with van der Waals surface area (Å²) in [7, 11) is 3.10. The zero-order chi connectivity index (χ0) is 14.7. The number of amides is 1. The first-order valence-electron chi connectivity index (χ1n) is 5.80. The van der Waals surface area contributed by atoms with Crippen molar-refractivity contribution in [3.05, 3.63) is 28.9 Å². The van der Waals surface area contributed by atoms with E-state index in [4.69, 9.17) is 9.57 Å². The molecule has 0 spiro atoms. The van der Waals surface area contributed by atoms with Crippen molar-refractivity contribution in [1.29, 1.82) is 0 Å². The van der Waals surface area contributed by atoms with Crippen LogP contribution in [0.1, 0.15) is 6.92 Å². The molecule has 6 nitrogen and oxygen atoms in total. The standard InChI is InChI=1S/C13H14BrN3O3/c1-8(18)16-9-4-5-12(19-2)10(6-9)13-11(14)7-15-17(13)20-3/h4-7H,1-3H3,(H,16,18). The number of hydrogen-bond donors (Lipinski definition) is 1. The highest BCUT2D eigenvalue weighted by atomic mass is 79.9. The van der Waals surface area contributed by atoms with Gasteiger partial charge in [-0.15, -0.1) is 5.10 Å². The Labute approximate surface area is 124 Å². The van der Waals surface area contributed by atoms with E-state index in [-0.39, 0.29) is 5.91 Å². The van der Waals surface area contributed by atoms with Crippen LogP contribution in [-0.2, 0) is 4.79 Å². The average Bonchev–Trinajstić information content (AvgIpc) is 2.79. The number of rotatable bonds is 4. The van der Waals surface area contributed by atoms with Gasteiger partial charge in [0.05, 0.1) is 17.8 Å². The van der Waals surface area contributed by atoms with E-state index in [1.807, 2.05) is 0 Å². The molecule has 0 unspecified atom stereocenters. The molecule has 1 aromatic heterocycles. The molecule has 106 valence electrons. The maximum absolute atomic E-state index is 11.2.